The smallest absolute Gasteiger partial charge is 1.00 e. The van der Waals surface area contributed by atoms with Crippen LogP contribution in [0.1, 0.15) is 13.3 Å². The van der Waals surface area contributed by atoms with Gasteiger partial charge in [-0.2, -0.15) is 0 Å². The Balaban J connectivity index is -0.0000000267. The Morgan fingerprint density at radius 1 is 1.62 bits per heavy atom. The molecule has 2 nitrogen and oxygen atoms in total. The van der Waals surface area contributed by atoms with Crippen LogP contribution in [-0.2, 0) is 4.79 Å². The summed E-state index contributed by atoms with van der Waals surface area (Å²) in [5.74, 6) is -0.995. The molecule has 0 spiro atoms. The first-order valence-corrected chi connectivity index (χ1v) is 1.47. The molecule has 0 rings (SSSR count). The molecule has 0 aromatic carbocycles. The van der Waals surface area contributed by atoms with Crippen LogP contribution < -0.4 is 47.1 Å². The molecule has 0 saturated heterocycles. The summed E-state index contributed by atoms with van der Waals surface area (Å²) in [6, 6.07) is 0. The van der Waals surface area contributed by atoms with E-state index in [0.29, 0.717) is 0 Å². The molecule has 0 aliphatic rings. The van der Waals surface area contributed by atoms with E-state index < -0.39 is 5.97 Å². The number of carbonyl (C=O) groups is 1. The number of carbonyl (C=O) groups excluding carboxylic acids is 1. The first-order chi connectivity index (χ1) is 2.27. The molecular weight excluding hydrogens is 167 g/mol. The third kappa shape index (κ3) is 24.5. The minimum absolute atomic E-state index is 0. The topological polar surface area (TPSA) is 40.1 Å². The van der Waals surface area contributed by atoms with Crippen molar-refractivity contribution in [2.45, 2.75) is 13.3 Å². The minimum atomic E-state index is -0.995. The maximum atomic E-state index is 9.26. The Labute approximate surface area is 107 Å². The van der Waals surface area contributed by atoms with Crippen LogP contribution in [0.3, 0.4) is 0 Å². The van der Waals surface area contributed by atoms with Crippen molar-refractivity contribution >= 4 is 43.7 Å². The fraction of sp³-hybridized carbons (Fsp3) is 0.667. The van der Waals surface area contributed by atoms with Gasteiger partial charge in [0, 0.05) is 5.97 Å². The van der Waals surface area contributed by atoms with Gasteiger partial charge in [0.2, 0.25) is 0 Å². The molecule has 0 aromatic rings. The summed E-state index contributed by atoms with van der Waals surface area (Å²) in [5, 5.41) is 9.26. The summed E-state index contributed by atoms with van der Waals surface area (Å²) < 4.78 is 0. The van der Waals surface area contributed by atoms with Crippen molar-refractivity contribution in [3.8, 4) is 0 Å². The number of aliphatic carboxylic acids is 1. The molecule has 8 heavy (non-hydrogen) atoms. The van der Waals surface area contributed by atoms with E-state index in [0.717, 1.165) is 0 Å². The van der Waals surface area contributed by atoms with Crippen LogP contribution in [0.15, 0.2) is 0 Å². The summed E-state index contributed by atoms with van der Waals surface area (Å²) >= 11 is 0. The average molecular weight is 172 g/mol. The van der Waals surface area contributed by atoms with Crippen molar-refractivity contribution in [1.29, 1.82) is 0 Å². The van der Waals surface area contributed by atoms with Gasteiger partial charge in [-0.25, -0.2) is 0 Å². The molecule has 38 valence electrons. The van der Waals surface area contributed by atoms with Gasteiger partial charge in [0.05, 0.1) is 0 Å². The molecule has 0 amide bonds. The van der Waals surface area contributed by atoms with Crippen LogP contribution in [-0.4, -0.2) is 43.7 Å². The van der Waals surface area contributed by atoms with Gasteiger partial charge in [-0.05, 0) is 6.42 Å². The van der Waals surface area contributed by atoms with E-state index in [9.17, 15) is 9.90 Å². The van der Waals surface area contributed by atoms with Crippen LogP contribution in [0.4, 0.5) is 0 Å². The van der Waals surface area contributed by atoms with Crippen molar-refractivity contribution in [3.05, 3.63) is 0 Å². The summed E-state index contributed by atoms with van der Waals surface area (Å²) in [6.07, 6.45) is 0.111. The van der Waals surface area contributed by atoms with Crippen LogP contribution in [0.2, 0.25) is 0 Å². The zero-order valence-electron chi connectivity index (χ0n) is 5.11. The third-order valence-corrected chi connectivity index (χ3v) is 0.289. The largest absolute Gasteiger partial charge is 2.00 e. The quantitative estimate of drug-likeness (QED) is 0.368. The van der Waals surface area contributed by atoms with Crippen molar-refractivity contribution < 1.29 is 51.9 Å². The van der Waals surface area contributed by atoms with Gasteiger partial charge in [-0.1, -0.05) is 6.92 Å². The Hall–Kier alpha value is 2.02. The summed E-state index contributed by atoms with van der Waals surface area (Å²) in [4.78, 5) is 9.26. The molecule has 0 aliphatic heterocycles. The van der Waals surface area contributed by atoms with Gasteiger partial charge in [-0.3, -0.25) is 0 Å². The molecule has 0 aromatic heterocycles. The van der Waals surface area contributed by atoms with Gasteiger partial charge >= 0.3 is 67.3 Å². The molecule has 0 N–H and O–H groups in total. The van der Waals surface area contributed by atoms with Crippen LogP contribution in [0.5, 0.6) is 0 Å². The van der Waals surface area contributed by atoms with E-state index in [1.54, 1.807) is 0 Å². The number of carboxylic acids is 1. The third-order valence-electron chi connectivity index (χ3n) is 0.289. The maximum absolute atomic E-state index is 9.26. The van der Waals surface area contributed by atoms with E-state index in [2.05, 4.69) is 0 Å². The molecule has 0 heterocycles. The number of carboxylic acid groups (broad SMARTS) is 1. The van der Waals surface area contributed by atoms with Gasteiger partial charge in [-0.15, -0.1) is 0 Å². The normalized spacial score (nSPS) is 4.62. The molecular formula is C3H5CaClNaO2+. The van der Waals surface area contributed by atoms with Gasteiger partial charge in [0.15, 0.2) is 0 Å². The van der Waals surface area contributed by atoms with Crippen molar-refractivity contribution in [2.24, 2.45) is 0 Å². The van der Waals surface area contributed by atoms with E-state index in [1.807, 2.05) is 0 Å². The first kappa shape index (κ1) is 22.5. The summed E-state index contributed by atoms with van der Waals surface area (Å²) in [7, 11) is 0. The summed E-state index contributed by atoms with van der Waals surface area (Å²) in [6.45, 7) is 1.54. The number of hydrogen-bond acceptors (Lipinski definition) is 2. The van der Waals surface area contributed by atoms with Gasteiger partial charge in [0.25, 0.3) is 0 Å². The van der Waals surface area contributed by atoms with Crippen LogP contribution in [0.25, 0.3) is 0 Å². The second kappa shape index (κ2) is 16.0. The second-order valence-corrected chi connectivity index (χ2v) is 0.726. The van der Waals surface area contributed by atoms with E-state index in [4.69, 9.17) is 0 Å². The minimum Gasteiger partial charge on any atom is -1.00 e. The molecule has 5 heteroatoms. The molecule has 0 saturated carbocycles. The summed E-state index contributed by atoms with van der Waals surface area (Å²) in [5.41, 5.74) is 0. The predicted molar refractivity (Wildman–Crippen MR) is 21.1 cm³/mol. The van der Waals surface area contributed by atoms with Crippen LogP contribution in [0, 0.1) is 0 Å². The van der Waals surface area contributed by atoms with Crippen molar-refractivity contribution in [2.75, 3.05) is 0 Å². The number of hydrogen-bond donors (Lipinski definition) is 0. The van der Waals surface area contributed by atoms with E-state index >= 15 is 0 Å². The Kier molecular flexibility index (Phi) is 45.0. The van der Waals surface area contributed by atoms with Gasteiger partial charge in [0.1, 0.15) is 0 Å². The first-order valence-electron chi connectivity index (χ1n) is 1.47. The van der Waals surface area contributed by atoms with E-state index in [1.165, 1.54) is 6.92 Å². The predicted octanol–water partition coefficient (Wildman–Crippen LogP) is -7.23. The molecule has 0 atom stereocenters. The SMILES string of the molecule is CCC(=O)[O-].[Ca+2].[Cl-].[Na+]. The molecule has 0 fully saturated rings. The van der Waals surface area contributed by atoms with Crippen molar-refractivity contribution in [3.63, 3.8) is 0 Å². The second-order valence-electron chi connectivity index (χ2n) is 0.726. The Morgan fingerprint density at radius 3 is 1.75 bits per heavy atom. The zero-order chi connectivity index (χ0) is 4.28. The number of rotatable bonds is 1. The standard InChI is InChI=1S/C3H6O2.Ca.ClH.Na/c1-2-3(4)5;;;/h2H2,1H3,(H,4,5);;1H;/q;+2;;+1/p-2. The van der Waals surface area contributed by atoms with E-state index in [-0.39, 0.29) is 86.1 Å². The molecule has 0 radical (unpaired) electrons. The molecule has 0 bridgehead atoms. The Morgan fingerprint density at radius 2 is 1.75 bits per heavy atom. The fourth-order valence-electron chi connectivity index (χ4n) is 0. The molecule has 0 unspecified atom stereocenters. The Bertz CT molecular complexity index is 52.5. The van der Waals surface area contributed by atoms with Gasteiger partial charge < -0.3 is 22.3 Å². The monoisotopic (exact) mass is 171 g/mol. The average Bonchev–Trinajstić information content (AvgIpc) is 1.38. The van der Waals surface area contributed by atoms with Crippen LogP contribution >= 0.6 is 0 Å². The fourth-order valence-corrected chi connectivity index (χ4v) is 0. The van der Waals surface area contributed by atoms with Crippen molar-refractivity contribution in [1.82, 2.24) is 0 Å². The number of halogens is 1. The molecule has 0 aliphatic carbocycles. The maximum Gasteiger partial charge on any atom is 2.00 e. The zero-order valence-corrected chi connectivity index (χ0v) is 10.1.